The van der Waals surface area contributed by atoms with Crippen molar-refractivity contribution >= 4 is 5.91 Å². The van der Waals surface area contributed by atoms with Gasteiger partial charge in [0, 0.05) is 17.8 Å². The Bertz CT molecular complexity index is 346. The number of carbonyl (C=O) groups is 1. The molecule has 5 nitrogen and oxygen atoms in total. The molecular weight excluding hydrogens is 180 g/mol. The van der Waals surface area contributed by atoms with E-state index in [0.29, 0.717) is 6.42 Å². The highest BCUT2D eigenvalue weighted by Crippen LogP contribution is 2.17. The molecule has 5 heteroatoms. The van der Waals surface area contributed by atoms with E-state index in [4.69, 9.17) is 5.73 Å². The quantitative estimate of drug-likeness (QED) is 0.605. The van der Waals surface area contributed by atoms with Gasteiger partial charge in [0.2, 0.25) is 5.91 Å². The molecule has 0 spiro atoms. The van der Waals surface area contributed by atoms with Crippen LogP contribution in [0.25, 0.3) is 0 Å². The van der Waals surface area contributed by atoms with Gasteiger partial charge in [-0.25, -0.2) is 0 Å². The maximum absolute atomic E-state index is 11.4. The van der Waals surface area contributed by atoms with Crippen molar-refractivity contribution in [2.24, 2.45) is 5.73 Å². The van der Waals surface area contributed by atoms with Gasteiger partial charge in [-0.3, -0.25) is 9.89 Å². The van der Waals surface area contributed by atoms with E-state index >= 15 is 0 Å². The topological polar surface area (TPSA) is 83.8 Å². The van der Waals surface area contributed by atoms with Crippen molar-refractivity contribution in [3.05, 3.63) is 17.5 Å². The highest BCUT2D eigenvalue weighted by atomic mass is 16.1. The van der Waals surface area contributed by atoms with Gasteiger partial charge in [-0.2, -0.15) is 5.10 Å². The summed E-state index contributed by atoms with van der Waals surface area (Å²) < 4.78 is 0. The maximum atomic E-state index is 11.4. The Morgan fingerprint density at radius 3 is 3.07 bits per heavy atom. The summed E-state index contributed by atoms with van der Waals surface area (Å²) in [7, 11) is 0. The minimum atomic E-state index is -0.00514. The molecule has 1 aromatic heterocycles. The molecule has 1 amide bonds. The van der Waals surface area contributed by atoms with E-state index in [9.17, 15) is 4.79 Å². The first-order valence-corrected chi connectivity index (χ1v) is 4.71. The molecule has 0 saturated heterocycles. The van der Waals surface area contributed by atoms with Crippen molar-refractivity contribution in [1.29, 1.82) is 0 Å². The molecule has 1 aliphatic carbocycles. The van der Waals surface area contributed by atoms with Crippen LogP contribution < -0.4 is 11.1 Å². The highest BCUT2D eigenvalue weighted by molar-refractivity contribution is 5.78. The molecule has 1 aliphatic rings. The molecule has 0 radical (unpaired) electrons. The monoisotopic (exact) mass is 194 g/mol. The Morgan fingerprint density at radius 2 is 2.57 bits per heavy atom. The van der Waals surface area contributed by atoms with Crippen LogP contribution in [0.1, 0.15) is 17.8 Å². The lowest BCUT2D eigenvalue weighted by Gasteiger charge is -2.00. The summed E-state index contributed by atoms with van der Waals surface area (Å²) >= 11 is 0. The predicted octanol–water partition coefficient (Wildman–Crippen LogP) is -0.524. The summed E-state index contributed by atoms with van der Waals surface area (Å²) in [5.74, 6) is -0.00514. The molecule has 0 aromatic carbocycles. The molecular formula is C9H14N4O. The Morgan fingerprint density at radius 1 is 1.86 bits per heavy atom. The lowest BCUT2D eigenvalue weighted by Crippen LogP contribution is -2.30. The van der Waals surface area contributed by atoms with Gasteiger partial charge in [0.15, 0.2) is 0 Å². The van der Waals surface area contributed by atoms with E-state index in [0.717, 1.165) is 17.8 Å². The molecule has 1 heterocycles. The molecule has 1 saturated carbocycles. The van der Waals surface area contributed by atoms with E-state index in [1.165, 1.54) is 0 Å². The van der Waals surface area contributed by atoms with Crippen LogP contribution in [0, 0.1) is 6.92 Å². The maximum Gasteiger partial charge on any atom is 0.226 e. The Hall–Kier alpha value is -1.36. The lowest BCUT2D eigenvalue weighted by molar-refractivity contribution is -0.120. The number of nitrogens with two attached hydrogens (primary N) is 1. The fourth-order valence-electron chi connectivity index (χ4n) is 1.37. The van der Waals surface area contributed by atoms with Crippen LogP contribution in [-0.4, -0.2) is 28.2 Å². The van der Waals surface area contributed by atoms with E-state index in [2.05, 4.69) is 15.5 Å². The van der Waals surface area contributed by atoms with Gasteiger partial charge in [-0.05, 0) is 19.4 Å². The second kappa shape index (κ2) is 3.42. The summed E-state index contributed by atoms with van der Waals surface area (Å²) in [6.45, 7) is 1.91. The zero-order valence-corrected chi connectivity index (χ0v) is 8.08. The summed E-state index contributed by atoms with van der Waals surface area (Å²) in [4.78, 5) is 11.4. The van der Waals surface area contributed by atoms with Crippen molar-refractivity contribution < 1.29 is 4.79 Å². The van der Waals surface area contributed by atoms with Gasteiger partial charge >= 0.3 is 0 Å². The Labute approximate surface area is 82.1 Å². The van der Waals surface area contributed by atoms with Crippen LogP contribution in [0.5, 0.6) is 0 Å². The molecule has 2 unspecified atom stereocenters. The average Bonchev–Trinajstić information content (AvgIpc) is 2.59. The van der Waals surface area contributed by atoms with Gasteiger partial charge in [-0.1, -0.05) is 0 Å². The number of aryl methyl sites for hydroxylation is 1. The summed E-state index contributed by atoms with van der Waals surface area (Å²) in [5.41, 5.74) is 7.32. The largest absolute Gasteiger partial charge is 0.351 e. The Balaban J connectivity index is 1.82. The average molecular weight is 194 g/mol. The molecule has 1 aromatic rings. The number of amides is 1. The van der Waals surface area contributed by atoms with E-state index in [1.54, 1.807) is 0 Å². The normalized spacial score (nSPS) is 24.7. The van der Waals surface area contributed by atoms with Gasteiger partial charge in [0.1, 0.15) is 0 Å². The van der Waals surface area contributed by atoms with Crippen molar-refractivity contribution in [2.45, 2.75) is 31.8 Å². The zero-order chi connectivity index (χ0) is 10.1. The number of aromatic amines is 1. The molecule has 14 heavy (non-hydrogen) atoms. The van der Waals surface area contributed by atoms with E-state index in [1.807, 2.05) is 13.0 Å². The standard InChI is InChI=1S/C9H14N4O/c1-5-2-6(13-12-5)3-9(14)11-8-4-7(8)10/h2,7-8H,3-4,10H2,1H3,(H,11,14)(H,12,13). The predicted molar refractivity (Wildman–Crippen MR) is 51.6 cm³/mol. The van der Waals surface area contributed by atoms with Crippen molar-refractivity contribution in [3.63, 3.8) is 0 Å². The summed E-state index contributed by atoms with van der Waals surface area (Å²) in [6, 6.07) is 2.20. The first kappa shape index (κ1) is 9.21. The van der Waals surface area contributed by atoms with Crippen LogP contribution >= 0.6 is 0 Å². The smallest absolute Gasteiger partial charge is 0.226 e. The van der Waals surface area contributed by atoms with E-state index in [-0.39, 0.29) is 18.0 Å². The number of aromatic nitrogens is 2. The first-order chi connectivity index (χ1) is 6.65. The van der Waals surface area contributed by atoms with Gasteiger partial charge in [0.05, 0.1) is 12.1 Å². The molecule has 2 atom stereocenters. The number of nitrogens with one attached hydrogen (secondary N) is 2. The third-order valence-corrected chi connectivity index (χ3v) is 2.29. The first-order valence-electron chi connectivity index (χ1n) is 4.71. The molecule has 4 N–H and O–H groups in total. The summed E-state index contributed by atoms with van der Waals surface area (Å²) in [5, 5.41) is 9.63. The van der Waals surface area contributed by atoms with Crippen LogP contribution in [0.3, 0.4) is 0 Å². The van der Waals surface area contributed by atoms with Gasteiger partial charge < -0.3 is 11.1 Å². The van der Waals surface area contributed by atoms with Crippen LogP contribution in [0.15, 0.2) is 6.07 Å². The van der Waals surface area contributed by atoms with Crippen molar-refractivity contribution in [1.82, 2.24) is 15.5 Å². The number of hydrogen-bond acceptors (Lipinski definition) is 3. The van der Waals surface area contributed by atoms with Crippen molar-refractivity contribution in [2.75, 3.05) is 0 Å². The second-order valence-corrected chi connectivity index (χ2v) is 3.79. The number of H-pyrrole nitrogens is 1. The molecule has 2 rings (SSSR count). The van der Waals surface area contributed by atoms with Crippen molar-refractivity contribution in [3.8, 4) is 0 Å². The molecule has 76 valence electrons. The summed E-state index contributed by atoms with van der Waals surface area (Å²) in [6.07, 6.45) is 1.22. The number of nitrogens with zero attached hydrogens (tertiary/aromatic N) is 1. The second-order valence-electron chi connectivity index (χ2n) is 3.79. The molecule has 0 aliphatic heterocycles. The van der Waals surface area contributed by atoms with E-state index < -0.39 is 0 Å². The van der Waals surface area contributed by atoms with Crippen LogP contribution in [0.2, 0.25) is 0 Å². The third kappa shape index (κ3) is 2.11. The highest BCUT2D eigenvalue weighted by Gasteiger charge is 2.34. The molecule has 0 bridgehead atoms. The SMILES string of the molecule is Cc1cc(CC(=O)NC2CC2N)n[nH]1. The van der Waals surface area contributed by atoms with Crippen LogP contribution in [-0.2, 0) is 11.2 Å². The fraction of sp³-hybridized carbons (Fsp3) is 0.556. The number of carbonyl (C=O) groups excluding carboxylic acids is 1. The minimum Gasteiger partial charge on any atom is -0.351 e. The van der Waals surface area contributed by atoms with Gasteiger partial charge in [-0.15, -0.1) is 0 Å². The van der Waals surface area contributed by atoms with Crippen LogP contribution in [0.4, 0.5) is 0 Å². The Kier molecular flexibility index (Phi) is 2.25. The van der Waals surface area contributed by atoms with Gasteiger partial charge in [0.25, 0.3) is 0 Å². The number of hydrogen-bond donors (Lipinski definition) is 3. The fourth-order valence-corrected chi connectivity index (χ4v) is 1.37. The number of rotatable bonds is 3. The third-order valence-electron chi connectivity index (χ3n) is 2.29. The lowest BCUT2D eigenvalue weighted by atomic mass is 10.3. The minimum absolute atomic E-state index is 0.00514. The zero-order valence-electron chi connectivity index (χ0n) is 8.08. The molecule has 1 fully saturated rings.